The number of nitrogens with one attached hydrogen (secondary N) is 1. The minimum absolute atomic E-state index is 0.000237. The fourth-order valence-corrected chi connectivity index (χ4v) is 2.78. The van der Waals surface area contributed by atoms with Gasteiger partial charge in [0.1, 0.15) is 12.4 Å². The van der Waals surface area contributed by atoms with Crippen LogP contribution in [0.15, 0.2) is 24.4 Å². The number of aromatic nitrogens is 1. The van der Waals surface area contributed by atoms with E-state index in [1.54, 1.807) is 24.4 Å². The van der Waals surface area contributed by atoms with E-state index in [1.807, 2.05) is 0 Å². The molecule has 1 N–H and O–H groups in total. The van der Waals surface area contributed by atoms with Gasteiger partial charge in [-0.2, -0.15) is 0 Å². The summed E-state index contributed by atoms with van der Waals surface area (Å²) in [7, 11) is 1.49. The third-order valence-corrected chi connectivity index (χ3v) is 4.03. The molecule has 1 aliphatic rings. The number of fused-ring (bicyclic) bond motifs is 1. The van der Waals surface area contributed by atoms with Crippen LogP contribution in [0.25, 0.3) is 10.8 Å². The monoisotopic (exact) mass is 332 g/mol. The van der Waals surface area contributed by atoms with Crippen molar-refractivity contribution in [3.8, 4) is 11.6 Å². The first-order valence-electron chi connectivity index (χ1n) is 7.20. The number of hydrogen-bond donors (Lipinski definition) is 2. The molecule has 0 spiro atoms. The molecular weight excluding hydrogens is 316 g/mol. The molecule has 0 saturated carbocycles. The van der Waals surface area contributed by atoms with Crippen LogP contribution in [0.4, 0.5) is 0 Å². The normalized spacial score (nSPS) is 17.1. The minimum atomic E-state index is -0.364. The minimum Gasteiger partial charge on any atom is -0.496 e. The number of methoxy groups -OCH3 is 1. The molecule has 1 amide bonds. The number of benzene rings is 1. The lowest BCUT2D eigenvalue weighted by molar-refractivity contribution is -0.119. The van der Waals surface area contributed by atoms with E-state index in [0.717, 1.165) is 17.2 Å². The Bertz CT molecular complexity index is 778. The molecule has 1 aromatic carbocycles. The van der Waals surface area contributed by atoms with Gasteiger partial charge in [0, 0.05) is 18.0 Å². The number of hydrogen-bond acceptors (Lipinski definition) is 5. The van der Waals surface area contributed by atoms with Crippen LogP contribution in [-0.2, 0) is 4.79 Å². The molecule has 1 saturated heterocycles. The van der Waals surface area contributed by atoms with Gasteiger partial charge in [-0.05, 0) is 30.0 Å². The lowest BCUT2D eigenvalue weighted by Crippen LogP contribution is -2.31. The van der Waals surface area contributed by atoms with E-state index in [4.69, 9.17) is 9.47 Å². The van der Waals surface area contributed by atoms with Crippen molar-refractivity contribution in [2.45, 2.75) is 18.9 Å². The Morgan fingerprint density at radius 2 is 2.30 bits per heavy atom. The molecule has 1 fully saturated rings. The van der Waals surface area contributed by atoms with Gasteiger partial charge in [-0.15, -0.1) is 12.6 Å². The number of carbonyl (C=O) groups is 2. The predicted molar refractivity (Wildman–Crippen MR) is 88.3 cm³/mol. The summed E-state index contributed by atoms with van der Waals surface area (Å²) in [5.41, 5.74) is 0.392. The second-order valence-electron chi connectivity index (χ2n) is 5.31. The smallest absolute Gasteiger partial charge is 0.221 e. The second kappa shape index (κ2) is 6.45. The maximum atomic E-state index is 11.6. The fourth-order valence-electron chi connectivity index (χ4n) is 2.61. The summed E-state index contributed by atoms with van der Waals surface area (Å²) in [6.45, 7) is 0.355. The first kappa shape index (κ1) is 15.6. The van der Waals surface area contributed by atoms with Crippen molar-refractivity contribution in [2.24, 2.45) is 0 Å². The summed E-state index contributed by atoms with van der Waals surface area (Å²) in [6, 6.07) is 5.21. The fraction of sp³-hybridized carbons (Fsp3) is 0.312. The van der Waals surface area contributed by atoms with E-state index in [9.17, 15) is 9.59 Å². The first-order valence-corrected chi connectivity index (χ1v) is 7.65. The van der Waals surface area contributed by atoms with Crippen LogP contribution < -0.4 is 14.8 Å². The summed E-state index contributed by atoms with van der Waals surface area (Å²) in [6.07, 6.45) is 2.90. The van der Waals surface area contributed by atoms with Gasteiger partial charge in [0.25, 0.3) is 0 Å². The van der Waals surface area contributed by atoms with Crippen LogP contribution in [0.1, 0.15) is 23.2 Å². The maximum absolute atomic E-state index is 11.6. The molecule has 23 heavy (non-hydrogen) atoms. The van der Waals surface area contributed by atoms with Gasteiger partial charge in [-0.3, -0.25) is 9.59 Å². The number of thiol groups is 1. The van der Waals surface area contributed by atoms with E-state index < -0.39 is 0 Å². The third-order valence-electron chi connectivity index (χ3n) is 3.78. The molecule has 1 aliphatic heterocycles. The van der Waals surface area contributed by atoms with Crippen LogP contribution in [0.3, 0.4) is 0 Å². The lowest BCUT2D eigenvalue weighted by Gasteiger charge is -2.14. The third kappa shape index (κ3) is 3.24. The number of amides is 1. The zero-order valence-corrected chi connectivity index (χ0v) is 13.4. The van der Waals surface area contributed by atoms with Crippen LogP contribution >= 0.6 is 12.6 Å². The van der Waals surface area contributed by atoms with Gasteiger partial charge >= 0.3 is 0 Å². The second-order valence-corrected chi connectivity index (χ2v) is 5.72. The van der Waals surface area contributed by atoms with Gasteiger partial charge in [0.15, 0.2) is 0 Å². The van der Waals surface area contributed by atoms with Gasteiger partial charge in [-0.1, -0.05) is 0 Å². The number of carbonyl (C=O) groups excluding carboxylic acids is 2. The van der Waals surface area contributed by atoms with Crippen molar-refractivity contribution in [2.75, 3.05) is 13.7 Å². The highest BCUT2D eigenvalue weighted by atomic mass is 32.1. The van der Waals surface area contributed by atoms with Crippen molar-refractivity contribution in [3.05, 3.63) is 30.0 Å². The Kier molecular flexibility index (Phi) is 4.38. The molecule has 7 heteroatoms. The Labute approximate surface area is 138 Å². The van der Waals surface area contributed by atoms with E-state index in [2.05, 4.69) is 22.9 Å². The molecule has 1 aromatic heterocycles. The molecule has 6 nitrogen and oxygen atoms in total. The van der Waals surface area contributed by atoms with Crippen molar-refractivity contribution >= 4 is 34.4 Å². The number of pyridine rings is 1. The Balaban J connectivity index is 1.91. The van der Waals surface area contributed by atoms with Crippen LogP contribution in [0, 0.1) is 0 Å². The zero-order valence-electron chi connectivity index (χ0n) is 12.5. The van der Waals surface area contributed by atoms with Gasteiger partial charge in [0.2, 0.25) is 16.9 Å². The molecule has 2 aromatic rings. The maximum Gasteiger partial charge on any atom is 0.221 e. The Hall–Kier alpha value is -2.28. The SMILES string of the molecule is COc1cc2c(OC[C@@H]3CCC(=O)N3)nccc2cc1C(=O)S. The average molecular weight is 332 g/mol. The molecule has 2 heterocycles. The molecule has 120 valence electrons. The highest BCUT2D eigenvalue weighted by Crippen LogP contribution is 2.31. The van der Waals surface area contributed by atoms with E-state index in [0.29, 0.717) is 30.2 Å². The summed E-state index contributed by atoms with van der Waals surface area (Å²) in [5, 5.41) is 4.03. The standard InChI is InChI=1S/C16H16N2O4S/c1-21-13-7-11-9(6-12(13)16(20)23)4-5-17-15(11)22-8-10-2-3-14(19)18-10/h4-7,10H,2-3,8H2,1H3,(H,18,19)(H,20,23)/t10-/m0/s1. The quantitative estimate of drug-likeness (QED) is 0.819. The molecule has 0 unspecified atom stereocenters. The topological polar surface area (TPSA) is 77.5 Å². The molecule has 0 radical (unpaired) electrons. The van der Waals surface area contributed by atoms with Gasteiger partial charge in [0.05, 0.1) is 18.7 Å². The molecule has 0 bridgehead atoms. The van der Waals surface area contributed by atoms with Crippen molar-refractivity contribution in [3.63, 3.8) is 0 Å². The van der Waals surface area contributed by atoms with Crippen molar-refractivity contribution in [1.29, 1.82) is 0 Å². The summed E-state index contributed by atoms with van der Waals surface area (Å²) in [5.74, 6) is 0.910. The largest absolute Gasteiger partial charge is 0.496 e. The molecule has 3 rings (SSSR count). The lowest BCUT2D eigenvalue weighted by atomic mass is 10.1. The highest BCUT2D eigenvalue weighted by Gasteiger charge is 2.22. The first-order chi connectivity index (χ1) is 11.1. The Morgan fingerprint density at radius 3 is 2.96 bits per heavy atom. The van der Waals surface area contributed by atoms with Gasteiger partial charge in [-0.25, -0.2) is 4.98 Å². The Morgan fingerprint density at radius 1 is 1.48 bits per heavy atom. The number of nitrogens with zero attached hydrogens (tertiary/aromatic N) is 1. The molecule has 0 aliphatic carbocycles. The number of rotatable bonds is 5. The molecule has 1 atom stereocenters. The summed E-state index contributed by atoms with van der Waals surface area (Å²) >= 11 is 3.87. The zero-order chi connectivity index (χ0) is 16.4. The van der Waals surface area contributed by atoms with Crippen molar-refractivity contribution < 1.29 is 19.1 Å². The predicted octanol–water partition coefficient (Wildman–Crippen LogP) is 1.97. The average Bonchev–Trinajstić information content (AvgIpc) is 2.96. The van der Waals surface area contributed by atoms with E-state index in [-0.39, 0.29) is 17.1 Å². The van der Waals surface area contributed by atoms with Crippen LogP contribution in [0.5, 0.6) is 11.6 Å². The van der Waals surface area contributed by atoms with Gasteiger partial charge < -0.3 is 14.8 Å². The highest BCUT2D eigenvalue weighted by molar-refractivity contribution is 7.97. The van der Waals surface area contributed by atoms with Crippen LogP contribution in [0.2, 0.25) is 0 Å². The van der Waals surface area contributed by atoms with Crippen molar-refractivity contribution in [1.82, 2.24) is 10.3 Å². The van der Waals surface area contributed by atoms with E-state index >= 15 is 0 Å². The number of ether oxygens (including phenoxy) is 2. The summed E-state index contributed by atoms with van der Waals surface area (Å²) in [4.78, 5) is 27.0. The van der Waals surface area contributed by atoms with E-state index in [1.165, 1.54) is 7.11 Å². The van der Waals surface area contributed by atoms with Crippen LogP contribution in [-0.4, -0.2) is 35.8 Å². The molecular formula is C16H16N2O4S. The summed E-state index contributed by atoms with van der Waals surface area (Å²) < 4.78 is 11.0.